The van der Waals surface area contributed by atoms with Gasteiger partial charge in [-0.2, -0.15) is 0 Å². The quantitative estimate of drug-likeness (QED) is 0.259. The fraction of sp³-hybridized carbons (Fsp3) is 0.485. The Morgan fingerprint density at radius 2 is 1.66 bits per heavy atom. The zero-order valence-electron chi connectivity index (χ0n) is 23.9. The summed E-state index contributed by atoms with van der Waals surface area (Å²) >= 11 is 13.9. The van der Waals surface area contributed by atoms with Crippen LogP contribution in [0.25, 0.3) is 11.1 Å². The Balaban J connectivity index is 1.01. The molecule has 3 aromatic rings. The molecule has 3 fully saturated rings. The maximum Gasteiger partial charge on any atom is 0.267 e. The van der Waals surface area contributed by atoms with E-state index in [1.807, 2.05) is 28.5 Å². The predicted octanol–water partition coefficient (Wildman–Crippen LogP) is 7.88. The number of rotatable bonds is 8. The van der Waals surface area contributed by atoms with Gasteiger partial charge in [0.2, 0.25) is 0 Å². The van der Waals surface area contributed by atoms with Gasteiger partial charge in [-0.3, -0.25) is 14.6 Å². The first-order chi connectivity index (χ1) is 19.9. The SMILES string of the molecule is C[C@@H]1CN(C2CCN(C(=O)c3sccc3OCC3CC3)CC2)CCN1[C@@H](C)c1ccc(-c2cc(Cl)cc(Cl)c2)cc1. The molecule has 0 N–H and O–H groups in total. The maximum atomic E-state index is 13.3. The molecule has 0 bridgehead atoms. The number of piperidine rings is 1. The lowest BCUT2D eigenvalue weighted by molar-refractivity contribution is 0.0135. The Labute approximate surface area is 258 Å². The van der Waals surface area contributed by atoms with E-state index in [0.717, 1.165) is 73.9 Å². The van der Waals surface area contributed by atoms with Gasteiger partial charge in [0.1, 0.15) is 10.6 Å². The molecule has 6 rings (SSSR count). The largest absolute Gasteiger partial charge is 0.492 e. The number of hydrogen-bond donors (Lipinski definition) is 0. The number of likely N-dealkylation sites (tertiary alicyclic amines) is 1. The molecule has 0 spiro atoms. The number of carbonyl (C=O) groups is 1. The molecule has 5 nitrogen and oxygen atoms in total. The highest BCUT2D eigenvalue weighted by molar-refractivity contribution is 7.12. The van der Waals surface area contributed by atoms with Crippen molar-refractivity contribution in [1.29, 1.82) is 0 Å². The Kier molecular flexibility index (Phi) is 8.94. The molecule has 1 amide bonds. The van der Waals surface area contributed by atoms with Crippen LogP contribution in [-0.2, 0) is 0 Å². The highest BCUT2D eigenvalue weighted by Crippen LogP contribution is 2.34. The smallest absolute Gasteiger partial charge is 0.267 e. The van der Waals surface area contributed by atoms with Crippen molar-refractivity contribution in [2.45, 2.75) is 57.7 Å². The van der Waals surface area contributed by atoms with Crippen molar-refractivity contribution < 1.29 is 9.53 Å². The second kappa shape index (κ2) is 12.6. The number of thiophene rings is 1. The molecule has 2 saturated heterocycles. The van der Waals surface area contributed by atoms with Crippen LogP contribution in [-0.4, -0.2) is 72.0 Å². The average Bonchev–Trinajstić information content (AvgIpc) is 3.70. The van der Waals surface area contributed by atoms with Crippen molar-refractivity contribution in [3.63, 3.8) is 0 Å². The van der Waals surface area contributed by atoms with E-state index in [0.29, 0.717) is 34.1 Å². The first kappa shape index (κ1) is 29.0. The summed E-state index contributed by atoms with van der Waals surface area (Å²) in [7, 11) is 0. The fourth-order valence-corrected chi connectivity index (χ4v) is 7.74. The molecule has 1 saturated carbocycles. The number of benzene rings is 2. The van der Waals surface area contributed by atoms with Crippen LogP contribution in [0.5, 0.6) is 5.75 Å². The molecule has 2 aliphatic heterocycles. The average molecular weight is 613 g/mol. The molecule has 2 aromatic carbocycles. The van der Waals surface area contributed by atoms with Gasteiger partial charge in [0.05, 0.1) is 6.61 Å². The van der Waals surface area contributed by atoms with Crippen LogP contribution < -0.4 is 4.74 Å². The molecule has 3 heterocycles. The minimum atomic E-state index is 0.140. The third kappa shape index (κ3) is 6.78. The molecule has 0 unspecified atom stereocenters. The standard InChI is InChI=1S/C33H39Cl2N3O2S/c1-22-20-37(30-9-12-36(13-10-30)33(39)32-31(11-16-41-32)40-21-24-3-4-24)14-15-38(22)23(2)25-5-7-26(8-6-25)27-17-28(34)19-29(35)18-27/h5-8,11,16-19,22-24,30H,3-4,9-10,12-15,20-21H2,1-2H3/t22-,23+/m1/s1. The lowest BCUT2D eigenvalue weighted by atomic mass is 9.97. The Morgan fingerprint density at radius 3 is 2.32 bits per heavy atom. The molecule has 2 atom stereocenters. The van der Waals surface area contributed by atoms with Gasteiger partial charge in [0.15, 0.2) is 0 Å². The Hall–Kier alpha value is -2.09. The van der Waals surface area contributed by atoms with Crippen molar-refractivity contribution in [2.24, 2.45) is 5.92 Å². The normalized spacial score (nSPS) is 21.7. The van der Waals surface area contributed by atoms with E-state index in [2.05, 4.69) is 47.9 Å². The number of carbonyl (C=O) groups excluding carboxylic acids is 1. The van der Waals surface area contributed by atoms with Crippen molar-refractivity contribution in [3.05, 3.63) is 74.4 Å². The van der Waals surface area contributed by atoms with Crippen LogP contribution in [0.3, 0.4) is 0 Å². The van der Waals surface area contributed by atoms with Crippen molar-refractivity contribution in [2.75, 3.05) is 39.3 Å². The van der Waals surface area contributed by atoms with E-state index in [9.17, 15) is 4.79 Å². The predicted molar refractivity (Wildman–Crippen MR) is 170 cm³/mol. The number of piperazine rings is 1. The number of amides is 1. The zero-order chi connectivity index (χ0) is 28.5. The van der Waals surface area contributed by atoms with Gasteiger partial charge >= 0.3 is 0 Å². The molecule has 41 heavy (non-hydrogen) atoms. The summed E-state index contributed by atoms with van der Waals surface area (Å²) in [6.07, 6.45) is 4.57. The summed E-state index contributed by atoms with van der Waals surface area (Å²) in [6.45, 7) is 10.2. The zero-order valence-corrected chi connectivity index (χ0v) is 26.2. The summed E-state index contributed by atoms with van der Waals surface area (Å²) in [4.78, 5) is 21.4. The van der Waals surface area contributed by atoms with Crippen LogP contribution >= 0.6 is 34.5 Å². The summed E-state index contributed by atoms with van der Waals surface area (Å²) in [6, 6.07) is 17.8. The molecule has 3 aliphatic rings. The van der Waals surface area contributed by atoms with Crippen molar-refractivity contribution >= 4 is 40.4 Å². The van der Waals surface area contributed by atoms with Crippen molar-refractivity contribution in [1.82, 2.24) is 14.7 Å². The van der Waals surface area contributed by atoms with Gasteiger partial charge in [-0.1, -0.05) is 47.5 Å². The Morgan fingerprint density at radius 1 is 0.951 bits per heavy atom. The third-order valence-corrected chi connectivity index (χ3v) is 10.4. The highest BCUT2D eigenvalue weighted by atomic mass is 35.5. The molecule has 1 aliphatic carbocycles. The van der Waals surface area contributed by atoms with Crippen molar-refractivity contribution in [3.8, 4) is 16.9 Å². The van der Waals surface area contributed by atoms with E-state index in [-0.39, 0.29) is 5.91 Å². The number of ether oxygens (including phenoxy) is 1. The van der Waals surface area contributed by atoms with Crippen LogP contribution in [0.1, 0.15) is 60.8 Å². The summed E-state index contributed by atoms with van der Waals surface area (Å²) in [5, 5.41) is 3.28. The van der Waals surface area contributed by atoms with E-state index in [1.165, 1.54) is 29.7 Å². The van der Waals surface area contributed by atoms with E-state index in [1.54, 1.807) is 6.07 Å². The number of nitrogens with zero attached hydrogens (tertiary/aromatic N) is 3. The van der Waals surface area contributed by atoms with Crippen LogP contribution in [0, 0.1) is 5.92 Å². The van der Waals surface area contributed by atoms with Gasteiger partial charge in [-0.05, 0) is 91.8 Å². The maximum absolute atomic E-state index is 13.3. The minimum absolute atomic E-state index is 0.140. The molecular formula is C33H39Cl2N3O2S. The van der Waals surface area contributed by atoms with Gasteiger partial charge in [0.25, 0.3) is 5.91 Å². The van der Waals surface area contributed by atoms with Gasteiger partial charge in [-0.15, -0.1) is 11.3 Å². The lowest BCUT2D eigenvalue weighted by Gasteiger charge is -2.47. The summed E-state index contributed by atoms with van der Waals surface area (Å²) in [5.41, 5.74) is 3.48. The summed E-state index contributed by atoms with van der Waals surface area (Å²) < 4.78 is 5.98. The van der Waals surface area contributed by atoms with Gasteiger partial charge in [-0.25, -0.2) is 0 Å². The second-order valence-electron chi connectivity index (χ2n) is 11.9. The first-order valence-corrected chi connectivity index (χ1v) is 16.5. The summed E-state index contributed by atoms with van der Waals surface area (Å²) in [5.74, 6) is 1.59. The molecule has 218 valence electrons. The van der Waals surface area contributed by atoms with E-state index in [4.69, 9.17) is 27.9 Å². The van der Waals surface area contributed by atoms with Gasteiger partial charge < -0.3 is 9.64 Å². The van der Waals surface area contributed by atoms with E-state index >= 15 is 0 Å². The lowest BCUT2D eigenvalue weighted by Crippen LogP contribution is -2.57. The highest BCUT2D eigenvalue weighted by Gasteiger charge is 2.34. The van der Waals surface area contributed by atoms with Crippen LogP contribution in [0.2, 0.25) is 10.0 Å². The number of hydrogen-bond acceptors (Lipinski definition) is 5. The van der Waals surface area contributed by atoms with E-state index < -0.39 is 0 Å². The fourth-order valence-electron chi connectivity index (χ4n) is 6.41. The van der Waals surface area contributed by atoms with Gasteiger partial charge in [0, 0.05) is 60.9 Å². The first-order valence-electron chi connectivity index (χ1n) is 14.9. The van der Waals surface area contributed by atoms with Crippen LogP contribution in [0.4, 0.5) is 0 Å². The molecule has 1 aromatic heterocycles. The monoisotopic (exact) mass is 611 g/mol. The Bertz CT molecular complexity index is 1330. The van der Waals surface area contributed by atoms with Crippen LogP contribution in [0.15, 0.2) is 53.9 Å². The third-order valence-electron chi connectivity index (χ3n) is 9.06. The minimum Gasteiger partial charge on any atom is -0.492 e. The number of halogens is 2. The topological polar surface area (TPSA) is 36.0 Å². The second-order valence-corrected chi connectivity index (χ2v) is 13.7. The molecular weight excluding hydrogens is 573 g/mol. The molecule has 0 radical (unpaired) electrons. The molecule has 8 heteroatoms.